The monoisotopic (exact) mass is 310 g/mol. The average molecular weight is 310 g/mol. The zero-order valence-corrected chi connectivity index (χ0v) is 13.6. The van der Waals surface area contributed by atoms with Gasteiger partial charge in [0, 0.05) is 25.1 Å². The molecule has 3 rings (SSSR count). The van der Waals surface area contributed by atoms with Gasteiger partial charge < -0.3 is 15.8 Å². The standard InChI is InChI=1S/C19H22N2O2/c1-19(2)10-16-9-14(5-8-17(16)23-19)12-21-11-13-3-6-15(7-4-13)18(20)22/h3-9,21H,10-12H2,1-2H3,(H2,20,22). The predicted octanol–water partition coefficient (Wildman–Crippen LogP) is 2.79. The fraction of sp³-hybridized carbons (Fsp3) is 0.316. The zero-order chi connectivity index (χ0) is 16.4. The van der Waals surface area contributed by atoms with Crippen LogP contribution in [0, 0.1) is 0 Å². The lowest BCUT2D eigenvalue weighted by molar-refractivity contribution is 0.1000. The molecule has 0 saturated carbocycles. The molecular formula is C19H22N2O2. The van der Waals surface area contributed by atoms with Gasteiger partial charge in [-0.05, 0) is 48.7 Å². The van der Waals surface area contributed by atoms with Crippen molar-refractivity contribution in [2.45, 2.75) is 39.0 Å². The van der Waals surface area contributed by atoms with E-state index in [1.54, 1.807) is 12.1 Å². The number of primary amides is 1. The number of benzene rings is 2. The molecule has 23 heavy (non-hydrogen) atoms. The van der Waals surface area contributed by atoms with Crippen LogP contribution in [0.4, 0.5) is 0 Å². The van der Waals surface area contributed by atoms with E-state index >= 15 is 0 Å². The van der Waals surface area contributed by atoms with Gasteiger partial charge in [0.1, 0.15) is 11.4 Å². The first-order valence-electron chi connectivity index (χ1n) is 7.83. The number of rotatable bonds is 5. The van der Waals surface area contributed by atoms with Crippen LogP contribution >= 0.6 is 0 Å². The molecule has 0 radical (unpaired) electrons. The summed E-state index contributed by atoms with van der Waals surface area (Å²) in [5, 5.41) is 3.42. The summed E-state index contributed by atoms with van der Waals surface area (Å²) >= 11 is 0. The quantitative estimate of drug-likeness (QED) is 0.892. The smallest absolute Gasteiger partial charge is 0.248 e. The number of carbonyl (C=O) groups excluding carboxylic acids is 1. The molecule has 0 fully saturated rings. The number of carbonyl (C=O) groups is 1. The van der Waals surface area contributed by atoms with Crippen molar-refractivity contribution >= 4 is 5.91 Å². The Bertz CT molecular complexity index is 721. The van der Waals surface area contributed by atoms with Gasteiger partial charge in [-0.3, -0.25) is 4.79 Å². The van der Waals surface area contributed by atoms with Crippen LogP contribution in [0.15, 0.2) is 42.5 Å². The first-order chi connectivity index (χ1) is 10.9. The predicted molar refractivity (Wildman–Crippen MR) is 90.4 cm³/mol. The molecule has 0 atom stereocenters. The molecule has 1 amide bonds. The number of nitrogens with one attached hydrogen (secondary N) is 1. The largest absolute Gasteiger partial charge is 0.487 e. The Morgan fingerprint density at radius 3 is 2.48 bits per heavy atom. The van der Waals surface area contributed by atoms with Crippen LogP contribution in [0.2, 0.25) is 0 Å². The minimum Gasteiger partial charge on any atom is -0.487 e. The molecule has 0 bridgehead atoms. The second kappa shape index (κ2) is 6.05. The maximum Gasteiger partial charge on any atom is 0.248 e. The molecule has 3 N–H and O–H groups in total. The van der Waals surface area contributed by atoms with Crippen molar-refractivity contribution in [2.24, 2.45) is 5.73 Å². The van der Waals surface area contributed by atoms with E-state index < -0.39 is 5.91 Å². The van der Waals surface area contributed by atoms with Gasteiger partial charge in [0.15, 0.2) is 0 Å². The summed E-state index contributed by atoms with van der Waals surface area (Å²) in [4.78, 5) is 11.0. The van der Waals surface area contributed by atoms with Gasteiger partial charge in [0.25, 0.3) is 0 Å². The molecule has 1 aliphatic rings. The van der Waals surface area contributed by atoms with E-state index in [0.717, 1.165) is 30.8 Å². The van der Waals surface area contributed by atoms with Crippen LogP contribution in [-0.2, 0) is 19.5 Å². The summed E-state index contributed by atoms with van der Waals surface area (Å²) in [6.45, 7) is 5.77. The van der Waals surface area contributed by atoms with Gasteiger partial charge in [-0.1, -0.05) is 24.3 Å². The van der Waals surface area contributed by atoms with Crippen molar-refractivity contribution in [3.63, 3.8) is 0 Å². The summed E-state index contributed by atoms with van der Waals surface area (Å²) < 4.78 is 5.90. The van der Waals surface area contributed by atoms with Crippen LogP contribution in [0.25, 0.3) is 0 Å². The minimum absolute atomic E-state index is 0.101. The number of ether oxygens (including phenoxy) is 1. The summed E-state index contributed by atoms with van der Waals surface area (Å²) in [5.41, 5.74) is 9.33. The lowest BCUT2D eigenvalue weighted by atomic mass is 10.0. The lowest BCUT2D eigenvalue weighted by Crippen LogP contribution is -2.24. The fourth-order valence-electron chi connectivity index (χ4n) is 2.91. The maximum atomic E-state index is 11.0. The Morgan fingerprint density at radius 2 is 1.78 bits per heavy atom. The molecule has 1 aliphatic heterocycles. The number of nitrogens with two attached hydrogens (primary N) is 1. The van der Waals surface area contributed by atoms with Crippen molar-refractivity contribution in [3.05, 3.63) is 64.7 Å². The van der Waals surface area contributed by atoms with Gasteiger partial charge >= 0.3 is 0 Å². The van der Waals surface area contributed by atoms with Crippen molar-refractivity contribution in [2.75, 3.05) is 0 Å². The molecule has 1 heterocycles. The van der Waals surface area contributed by atoms with E-state index in [9.17, 15) is 4.79 Å². The molecule has 0 spiro atoms. The van der Waals surface area contributed by atoms with E-state index in [0.29, 0.717) is 5.56 Å². The van der Waals surface area contributed by atoms with Crippen molar-refractivity contribution in [1.82, 2.24) is 5.32 Å². The van der Waals surface area contributed by atoms with E-state index in [4.69, 9.17) is 10.5 Å². The molecule has 4 heteroatoms. The lowest BCUT2D eigenvalue weighted by Gasteiger charge is -2.16. The molecule has 0 unspecified atom stereocenters. The average Bonchev–Trinajstić information content (AvgIpc) is 2.81. The van der Waals surface area contributed by atoms with Crippen molar-refractivity contribution < 1.29 is 9.53 Å². The van der Waals surface area contributed by atoms with Gasteiger partial charge in [0.2, 0.25) is 5.91 Å². The molecule has 0 saturated heterocycles. The molecule has 4 nitrogen and oxygen atoms in total. The molecule has 2 aromatic carbocycles. The van der Waals surface area contributed by atoms with Crippen LogP contribution in [0.1, 0.15) is 40.9 Å². The Morgan fingerprint density at radius 1 is 1.13 bits per heavy atom. The van der Waals surface area contributed by atoms with Gasteiger partial charge in [-0.25, -0.2) is 0 Å². The summed E-state index contributed by atoms with van der Waals surface area (Å²) in [5.74, 6) is 0.605. The topological polar surface area (TPSA) is 64.3 Å². The number of hydrogen-bond acceptors (Lipinski definition) is 3. The SMILES string of the molecule is CC1(C)Cc2cc(CNCc3ccc(C(N)=O)cc3)ccc2O1. The third-order valence-corrected chi connectivity index (χ3v) is 4.02. The highest BCUT2D eigenvalue weighted by Crippen LogP contribution is 2.35. The zero-order valence-electron chi connectivity index (χ0n) is 13.6. The second-order valence-electron chi connectivity index (χ2n) is 6.65. The summed E-state index contributed by atoms with van der Waals surface area (Å²) in [7, 11) is 0. The van der Waals surface area contributed by atoms with Gasteiger partial charge in [0.05, 0.1) is 0 Å². The molecule has 0 aliphatic carbocycles. The third kappa shape index (κ3) is 3.71. The van der Waals surface area contributed by atoms with Gasteiger partial charge in [-0.2, -0.15) is 0 Å². The van der Waals surface area contributed by atoms with E-state index in [1.807, 2.05) is 12.1 Å². The van der Waals surface area contributed by atoms with Crippen molar-refractivity contribution in [3.8, 4) is 5.75 Å². The highest BCUT2D eigenvalue weighted by molar-refractivity contribution is 5.92. The molecular weight excluding hydrogens is 288 g/mol. The first-order valence-corrected chi connectivity index (χ1v) is 7.83. The van der Waals surface area contributed by atoms with Gasteiger partial charge in [-0.15, -0.1) is 0 Å². The Balaban J connectivity index is 1.56. The number of amides is 1. The third-order valence-electron chi connectivity index (χ3n) is 4.02. The fourth-order valence-corrected chi connectivity index (χ4v) is 2.91. The minimum atomic E-state index is -0.396. The second-order valence-corrected chi connectivity index (χ2v) is 6.65. The molecule has 2 aromatic rings. The Hall–Kier alpha value is -2.33. The Kier molecular flexibility index (Phi) is 4.09. The number of fused-ring (bicyclic) bond motifs is 1. The van der Waals surface area contributed by atoms with Crippen LogP contribution in [0.3, 0.4) is 0 Å². The van der Waals surface area contributed by atoms with Crippen LogP contribution < -0.4 is 15.8 Å². The molecule has 120 valence electrons. The molecule has 0 aromatic heterocycles. The van der Waals surface area contributed by atoms with Crippen molar-refractivity contribution in [1.29, 1.82) is 0 Å². The van der Waals surface area contributed by atoms with E-state index in [1.165, 1.54) is 11.1 Å². The van der Waals surface area contributed by atoms with Crippen LogP contribution in [0.5, 0.6) is 5.75 Å². The normalized spacial score (nSPS) is 15.0. The highest BCUT2D eigenvalue weighted by atomic mass is 16.5. The number of hydrogen-bond donors (Lipinski definition) is 2. The van der Waals surface area contributed by atoms with E-state index in [2.05, 4.69) is 37.4 Å². The first kappa shape index (κ1) is 15.6. The van der Waals surface area contributed by atoms with Crippen LogP contribution in [-0.4, -0.2) is 11.5 Å². The van der Waals surface area contributed by atoms with E-state index in [-0.39, 0.29) is 5.60 Å². The Labute approximate surface area is 136 Å². The highest BCUT2D eigenvalue weighted by Gasteiger charge is 2.29. The maximum absolute atomic E-state index is 11.0. The summed E-state index contributed by atoms with van der Waals surface area (Å²) in [6, 6.07) is 13.7. The summed E-state index contributed by atoms with van der Waals surface area (Å²) in [6.07, 6.45) is 0.949.